The number of hydrogen-bond donors (Lipinski definition) is 0. The Morgan fingerprint density at radius 1 is 0.842 bits per heavy atom. The maximum atomic E-state index is 7.32. The zero-order chi connectivity index (χ0) is 14.0. The van der Waals surface area contributed by atoms with Crippen LogP contribution in [-0.4, -0.2) is 16.6 Å². The van der Waals surface area contributed by atoms with Gasteiger partial charge in [-0.15, -0.1) is 0 Å². The lowest BCUT2D eigenvalue weighted by Gasteiger charge is -2.48. The Kier molecular flexibility index (Phi) is 5.00. The van der Waals surface area contributed by atoms with Crippen LogP contribution < -0.4 is 0 Å². The predicted molar refractivity (Wildman–Crippen MR) is 89.7 cm³/mol. The first-order chi connectivity index (χ1) is 9.11. The van der Waals surface area contributed by atoms with Gasteiger partial charge in [0, 0.05) is 0 Å². The summed E-state index contributed by atoms with van der Waals surface area (Å²) in [5.41, 5.74) is 0. The molecule has 19 heavy (non-hydrogen) atoms. The lowest BCUT2D eigenvalue weighted by Crippen LogP contribution is -2.54. The van der Waals surface area contributed by atoms with Gasteiger partial charge in [0.15, 0.2) is 16.6 Å². The SMILES string of the molecule is CCC1(CC)CCC[Si]12CCCC[Si](CC)(CC)O2. The zero-order valence-electron chi connectivity index (χ0n) is 13.7. The molecule has 1 nitrogen and oxygen atoms in total. The molecule has 0 aromatic heterocycles. The molecule has 1 unspecified atom stereocenters. The highest BCUT2D eigenvalue weighted by molar-refractivity contribution is 6.89. The lowest BCUT2D eigenvalue weighted by molar-refractivity contribution is 0.408. The van der Waals surface area contributed by atoms with Gasteiger partial charge in [-0.25, -0.2) is 0 Å². The number of hydrogen-bond acceptors (Lipinski definition) is 1. The van der Waals surface area contributed by atoms with Crippen molar-refractivity contribution in [2.75, 3.05) is 0 Å². The maximum absolute atomic E-state index is 7.32. The van der Waals surface area contributed by atoms with E-state index in [-0.39, 0.29) is 0 Å². The Bertz CT molecular complexity index is 297. The fourth-order valence-corrected chi connectivity index (χ4v) is 18.6. The third kappa shape index (κ3) is 2.51. The second-order valence-electron chi connectivity index (χ2n) is 7.03. The quantitative estimate of drug-likeness (QED) is 0.571. The first-order valence-electron chi connectivity index (χ1n) is 8.82. The van der Waals surface area contributed by atoms with Gasteiger partial charge in [0.2, 0.25) is 0 Å². The van der Waals surface area contributed by atoms with Crippen molar-refractivity contribution in [2.24, 2.45) is 0 Å². The monoisotopic (exact) mass is 298 g/mol. The summed E-state index contributed by atoms with van der Waals surface area (Å²) in [6.07, 6.45) is 8.64. The van der Waals surface area contributed by atoms with E-state index < -0.39 is 16.6 Å². The van der Waals surface area contributed by atoms with Crippen LogP contribution in [0.25, 0.3) is 0 Å². The van der Waals surface area contributed by atoms with Crippen LogP contribution in [0.1, 0.15) is 66.2 Å². The molecule has 2 aliphatic heterocycles. The van der Waals surface area contributed by atoms with E-state index in [0.29, 0.717) is 5.04 Å². The van der Waals surface area contributed by atoms with Crippen LogP contribution in [0.2, 0.25) is 35.3 Å². The van der Waals surface area contributed by atoms with E-state index >= 15 is 0 Å². The van der Waals surface area contributed by atoms with Gasteiger partial charge in [0.25, 0.3) is 0 Å². The van der Waals surface area contributed by atoms with E-state index in [0.717, 1.165) is 0 Å². The molecule has 0 radical (unpaired) electrons. The minimum Gasteiger partial charge on any atom is -0.454 e. The maximum Gasteiger partial charge on any atom is 0.185 e. The van der Waals surface area contributed by atoms with Crippen LogP contribution in [0.5, 0.6) is 0 Å². The van der Waals surface area contributed by atoms with Crippen molar-refractivity contribution in [1.29, 1.82) is 0 Å². The molecule has 112 valence electrons. The van der Waals surface area contributed by atoms with Gasteiger partial charge in [-0.05, 0) is 41.7 Å². The molecule has 3 heteroatoms. The molecule has 0 N–H and O–H groups in total. The summed E-state index contributed by atoms with van der Waals surface area (Å²) in [7, 11) is -2.84. The summed E-state index contributed by atoms with van der Waals surface area (Å²) >= 11 is 0. The predicted octanol–water partition coefficient (Wildman–Crippen LogP) is 6.08. The molecule has 1 spiro atoms. The molecule has 0 aliphatic carbocycles. The van der Waals surface area contributed by atoms with Crippen LogP contribution in [0.4, 0.5) is 0 Å². The third-order valence-electron chi connectivity index (χ3n) is 6.72. The Morgan fingerprint density at radius 2 is 1.42 bits per heavy atom. The highest BCUT2D eigenvalue weighted by atomic mass is 28.4. The Balaban J connectivity index is 2.34. The second-order valence-corrected chi connectivity index (χ2v) is 16.2. The summed E-state index contributed by atoms with van der Waals surface area (Å²) in [5, 5.41) is 0.639. The van der Waals surface area contributed by atoms with Crippen LogP contribution in [0.15, 0.2) is 0 Å². The van der Waals surface area contributed by atoms with Crippen LogP contribution in [0.3, 0.4) is 0 Å². The van der Waals surface area contributed by atoms with Crippen LogP contribution in [-0.2, 0) is 4.12 Å². The van der Waals surface area contributed by atoms with Gasteiger partial charge < -0.3 is 4.12 Å². The molecule has 2 aliphatic rings. The molecular formula is C16H34OSi2. The zero-order valence-corrected chi connectivity index (χ0v) is 15.7. The van der Waals surface area contributed by atoms with Crippen molar-refractivity contribution in [2.45, 2.75) is 101 Å². The summed E-state index contributed by atoms with van der Waals surface area (Å²) in [6.45, 7) is 9.72. The van der Waals surface area contributed by atoms with E-state index in [9.17, 15) is 0 Å². The molecule has 1 atom stereocenters. The van der Waals surface area contributed by atoms with E-state index in [1.165, 1.54) is 68.7 Å². The second kappa shape index (κ2) is 6.02. The van der Waals surface area contributed by atoms with Crippen LogP contribution in [0, 0.1) is 0 Å². The molecule has 2 fully saturated rings. The molecule has 0 aromatic carbocycles. The molecule has 0 bridgehead atoms. The number of rotatable bonds is 4. The smallest absolute Gasteiger partial charge is 0.185 e. The topological polar surface area (TPSA) is 9.23 Å². The Hall–Kier alpha value is 0.394. The molecule has 0 aromatic rings. The van der Waals surface area contributed by atoms with Crippen molar-refractivity contribution in [3.8, 4) is 0 Å². The van der Waals surface area contributed by atoms with E-state index in [1.807, 2.05) is 0 Å². The Morgan fingerprint density at radius 3 is 2.00 bits per heavy atom. The first-order valence-corrected chi connectivity index (χ1v) is 13.7. The summed E-state index contributed by atoms with van der Waals surface area (Å²) in [6, 6.07) is 7.16. The van der Waals surface area contributed by atoms with E-state index in [4.69, 9.17) is 4.12 Å². The van der Waals surface area contributed by atoms with Crippen LogP contribution >= 0.6 is 0 Å². The first kappa shape index (κ1) is 15.8. The highest BCUT2D eigenvalue weighted by Gasteiger charge is 2.58. The van der Waals surface area contributed by atoms with Gasteiger partial charge in [0.1, 0.15) is 0 Å². The van der Waals surface area contributed by atoms with Crippen molar-refractivity contribution < 1.29 is 4.12 Å². The fraction of sp³-hybridized carbons (Fsp3) is 1.00. The molecule has 0 saturated carbocycles. The fourth-order valence-electron chi connectivity index (χ4n) is 5.12. The molecular weight excluding hydrogens is 264 g/mol. The molecule has 2 rings (SSSR count). The minimum atomic E-state index is -1.47. The van der Waals surface area contributed by atoms with Gasteiger partial charge in [0.05, 0.1) is 0 Å². The lowest BCUT2D eigenvalue weighted by atomic mass is 9.97. The van der Waals surface area contributed by atoms with Gasteiger partial charge >= 0.3 is 0 Å². The largest absolute Gasteiger partial charge is 0.454 e. The van der Waals surface area contributed by atoms with Crippen molar-refractivity contribution in [3.05, 3.63) is 0 Å². The van der Waals surface area contributed by atoms with Crippen molar-refractivity contribution in [1.82, 2.24) is 0 Å². The summed E-state index contributed by atoms with van der Waals surface area (Å²) < 4.78 is 7.32. The average Bonchev–Trinajstić information content (AvgIpc) is 2.68. The molecule has 0 amide bonds. The van der Waals surface area contributed by atoms with Crippen molar-refractivity contribution in [3.63, 3.8) is 0 Å². The molecule has 2 heterocycles. The summed E-state index contributed by atoms with van der Waals surface area (Å²) in [5.74, 6) is 0. The van der Waals surface area contributed by atoms with Gasteiger partial charge in [-0.2, -0.15) is 0 Å². The Labute approximate surface area is 122 Å². The van der Waals surface area contributed by atoms with Gasteiger partial charge in [-0.1, -0.05) is 59.8 Å². The van der Waals surface area contributed by atoms with E-state index in [1.54, 1.807) is 0 Å². The standard InChI is InChI=1S/C16H34OSi2/c1-5-16(6-2)12-11-15-19(16)14-10-9-13-18(7-3,8-4)17-19/h5-15H2,1-4H3. The highest BCUT2D eigenvalue weighted by Crippen LogP contribution is 2.61. The summed E-state index contributed by atoms with van der Waals surface area (Å²) in [4.78, 5) is 0. The molecule has 2 saturated heterocycles. The van der Waals surface area contributed by atoms with Gasteiger partial charge in [-0.3, -0.25) is 0 Å². The third-order valence-corrected chi connectivity index (χ3v) is 19.1. The van der Waals surface area contributed by atoms with E-state index in [2.05, 4.69) is 27.7 Å². The average molecular weight is 299 g/mol. The normalized spacial score (nSPS) is 33.5. The minimum absolute atomic E-state index is 0.639. The van der Waals surface area contributed by atoms with Crippen molar-refractivity contribution >= 4 is 16.6 Å².